The number of carbonyl (C=O) groups is 1. The van der Waals surface area contributed by atoms with Crippen LogP contribution < -0.4 is 15.1 Å². The Morgan fingerprint density at radius 3 is 2.81 bits per heavy atom. The van der Waals surface area contributed by atoms with Gasteiger partial charge in [0, 0.05) is 38.6 Å². The summed E-state index contributed by atoms with van der Waals surface area (Å²) in [6.45, 7) is 6.18. The van der Waals surface area contributed by atoms with Crippen molar-refractivity contribution >= 4 is 23.0 Å². The number of aromatic nitrogens is 1. The molecule has 2 heterocycles. The molecule has 0 atom stereocenters. The van der Waals surface area contributed by atoms with Crippen LogP contribution in [0.15, 0.2) is 42.6 Å². The van der Waals surface area contributed by atoms with Crippen LogP contribution in [-0.2, 0) is 4.74 Å². The largest absolute Gasteiger partial charge is 0.378 e. The first-order valence-electron chi connectivity index (χ1n) is 9.59. The molecule has 6 nitrogen and oxygen atoms in total. The van der Waals surface area contributed by atoms with E-state index in [1.165, 1.54) is 0 Å². The summed E-state index contributed by atoms with van der Waals surface area (Å²) in [6.07, 6.45) is 3.95. The van der Waals surface area contributed by atoms with E-state index < -0.39 is 0 Å². The van der Waals surface area contributed by atoms with Crippen LogP contribution in [0.25, 0.3) is 0 Å². The number of pyridine rings is 1. The number of nitrogens with one attached hydrogen (secondary N) is 1. The Morgan fingerprint density at radius 2 is 2.04 bits per heavy atom. The predicted molar refractivity (Wildman–Crippen MR) is 110 cm³/mol. The second-order valence-corrected chi connectivity index (χ2v) is 6.75. The van der Waals surface area contributed by atoms with Gasteiger partial charge in [-0.1, -0.05) is 25.5 Å². The number of anilines is 3. The summed E-state index contributed by atoms with van der Waals surface area (Å²) in [7, 11) is 2.04. The van der Waals surface area contributed by atoms with E-state index in [0.717, 1.165) is 49.5 Å². The Labute approximate surface area is 161 Å². The summed E-state index contributed by atoms with van der Waals surface area (Å²) in [5, 5.41) is 3.03. The number of para-hydroxylation sites is 2. The lowest BCUT2D eigenvalue weighted by Gasteiger charge is -2.30. The average Bonchev–Trinajstić information content (AvgIpc) is 2.73. The molecule has 3 rings (SSSR count). The van der Waals surface area contributed by atoms with Crippen molar-refractivity contribution in [1.82, 2.24) is 4.98 Å². The van der Waals surface area contributed by atoms with Crippen LogP contribution in [0.3, 0.4) is 0 Å². The van der Waals surface area contributed by atoms with E-state index in [-0.39, 0.29) is 5.91 Å². The van der Waals surface area contributed by atoms with Gasteiger partial charge < -0.3 is 19.9 Å². The summed E-state index contributed by atoms with van der Waals surface area (Å²) in [5.74, 6) is -0.193. The molecule has 2 aromatic rings. The van der Waals surface area contributed by atoms with Gasteiger partial charge >= 0.3 is 0 Å². The van der Waals surface area contributed by atoms with Crippen molar-refractivity contribution in [3.8, 4) is 0 Å². The summed E-state index contributed by atoms with van der Waals surface area (Å²) >= 11 is 0. The first-order chi connectivity index (χ1) is 13.2. The Hall–Kier alpha value is -2.60. The normalized spacial score (nSPS) is 14.1. The predicted octanol–water partition coefficient (Wildman–Crippen LogP) is 3.41. The molecule has 1 amide bonds. The lowest BCUT2D eigenvalue weighted by molar-refractivity contribution is 0.102. The topological polar surface area (TPSA) is 57.7 Å². The van der Waals surface area contributed by atoms with Crippen molar-refractivity contribution in [3.63, 3.8) is 0 Å². The summed E-state index contributed by atoms with van der Waals surface area (Å²) in [5.41, 5.74) is 3.25. The summed E-state index contributed by atoms with van der Waals surface area (Å²) in [4.78, 5) is 21.5. The molecule has 1 aromatic heterocycles. The van der Waals surface area contributed by atoms with Crippen molar-refractivity contribution < 1.29 is 9.53 Å². The minimum Gasteiger partial charge on any atom is -0.378 e. The van der Waals surface area contributed by atoms with E-state index in [1.54, 1.807) is 6.20 Å². The van der Waals surface area contributed by atoms with Crippen molar-refractivity contribution in [2.24, 2.45) is 0 Å². The Morgan fingerprint density at radius 1 is 1.26 bits per heavy atom. The smallest absolute Gasteiger partial charge is 0.274 e. The van der Waals surface area contributed by atoms with E-state index in [2.05, 4.69) is 27.0 Å². The maximum absolute atomic E-state index is 12.8. The molecule has 1 fully saturated rings. The van der Waals surface area contributed by atoms with Crippen LogP contribution >= 0.6 is 0 Å². The quantitative estimate of drug-likeness (QED) is 0.812. The molecular weight excluding hydrogens is 340 g/mol. The highest BCUT2D eigenvalue weighted by Gasteiger charge is 2.17. The van der Waals surface area contributed by atoms with E-state index in [4.69, 9.17) is 4.74 Å². The lowest BCUT2D eigenvalue weighted by Crippen LogP contribution is -2.36. The van der Waals surface area contributed by atoms with Gasteiger partial charge in [0.05, 0.1) is 24.6 Å². The molecule has 0 saturated carbocycles. The first kappa shape index (κ1) is 19.2. The number of ether oxygens (including phenoxy) is 1. The highest BCUT2D eigenvalue weighted by Crippen LogP contribution is 2.27. The van der Waals surface area contributed by atoms with Crippen LogP contribution in [0.1, 0.15) is 30.3 Å². The number of hydrogen-bond donors (Lipinski definition) is 1. The highest BCUT2D eigenvalue weighted by molar-refractivity contribution is 6.05. The van der Waals surface area contributed by atoms with E-state index in [0.29, 0.717) is 18.9 Å². The summed E-state index contributed by atoms with van der Waals surface area (Å²) < 4.78 is 5.43. The van der Waals surface area contributed by atoms with Gasteiger partial charge in [0.25, 0.3) is 5.91 Å². The van der Waals surface area contributed by atoms with Gasteiger partial charge in [-0.3, -0.25) is 9.78 Å². The SMILES string of the molecule is CCCCN(C)c1ccnc(C(=O)Nc2ccccc2N2CCOCC2)c1. The van der Waals surface area contributed by atoms with Gasteiger partial charge in [-0.05, 0) is 30.7 Å². The second-order valence-electron chi connectivity index (χ2n) is 6.75. The van der Waals surface area contributed by atoms with E-state index in [1.807, 2.05) is 43.4 Å². The molecular formula is C21H28N4O2. The van der Waals surface area contributed by atoms with E-state index >= 15 is 0 Å². The molecule has 1 N–H and O–H groups in total. The third kappa shape index (κ3) is 4.98. The number of unbranched alkanes of at least 4 members (excludes halogenated alkanes) is 1. The second kappa shape index (κ2) is 9.37. The molecule has 27 heavy (non-hydrogen) atoms. The molecule has 0 radical (unpaired) electrons. The van der Waals surface area contributed by atoms with Crippen LogP contribution in [-0.4, -0.2) is 50.8 Å². The highest BCUT2D eigenvalue weighted by atomic mass is 16.5. The Kier molecular flexibility index (Phi) is 6.65. The van der Waals surface area contributed by atoms with Gasteiger partial charge in [0.15, 0.2) is 0 Å². The number of nitrogens with zero attached hydrogens (tertiary/aromatic N) is 3. The number of rotatable bonds is 7. The average molecular weight is 368 g/mol. The van der Waals surface area contributed by atoms with Crippen molar-refractivity contribution in [3.05, 3.63) is 48.3 Å². The Bertz CT molecular complexity index is 759. The van der Waals surface area contributed by atoms with Crippen LogP contribution in [0, 0.1) is 0 Å². The lowest BCUT2D eigenvalue weighted by atomic mass is 10.2. The molecule has 6 heteroatoms. The monoisotopic (exact) mass is 368 g/mol. The fourth-order valence-electron chi connectivity index (χ4n) is 3.15. The molecule has 0 spiro atoms. The number of morpholine rings is 1. The number of hydrogen-bond acceptors (Lipinski definition) is 5. The number of carbonyl (C=O) groups excluding carboxylic acids is 1. The number of benzene rings is 1. The molecule has 144 valence electrons. The fourth-order valence-corrected chi connectivity index (χ4v) is 3.15. The fraction of sp³-hybridized carbons (Fsp3) is 0.429. The molecule has 1 saturated heterocycles. The molecule has 1 aromatic carbocycles. The Balaban J connectivity index is 1.74. The zero-order valence-corrected chi connectivity index (χ0v) is 16.1. The van der Waals surface area contributed by atoms with Gasteiger partial charge in [-0.2, -0.15) is 0 Å². The maximum Gasteiger partial charge on any atom is 0.274 e. The molecule has 1 aliphatic heterocycles. The third-order valence-corrected chi connectivity index (χ3v) is 4.77. The zero-order chi connectivity index (χ0) is 19.1. The van der Waals surface area contributed by atoms with E-state index in [9.17, 15) is 4.79 Å². The van der Waals surface area contributed by atoms with Crippen LogP contribution in [0.5, 0.6) is 0 Å². The first-order valence-corrected chi connectivity index (χ1v) is 9.59. The van der Waals surface area contributed by atoms with Crippen LogP contribution in [0.2, 0.25) is 0 Å². The van der Waals surface area contributed by atoms with Crippen molar-refractivity contribution in [2.75, 3.05) is 55.0 Å². The third-order valence-electron chi connectivity index (χ3n) is 4.77. The molecule has 1 aliphatic rings. The van der Waals surface area contributed by atoms with Gasteiger partial charge in [0.1, 0.15) is 5.69 Å². The van der Waals surface area contributed by atoms with Gasteiger partial charge in [-0.15, -0.1) is 0 Å². The van der Waals surface area contributed by atoms with Crippen molar-refractivity contribution in [1.29, 1.82) is 0 Å². The van der Waals surface area contributed by atoms with Crippen LogP contribution in [0.4, 0.5) is 17.1 Å². The molecule has 0 unspecified atom stereocenters. The molecule has 0 aliphatic carbocycles. The maximum atomic E-state index is 12.8. The minimum absolute atomic E-state index is 0.193. The standard InChI is InChI=1S/C21H28N4O2/c1-3-4-11-24(2)17-9-10-22-19(16-17)21(26)23-18-7-5-6-8-20(18)25-12-14-27-15-13-25/h5-10,16H,3-4,11-15H2,1-2H3,(H,23,26). The number of amides is 1. The summed E-state index contributed by atoms with van der Waals surface area (Å²) in [6, 6.07) is 11.7. The van der Waals surface area contributed by atoms with Gasteiger partial charge in [0.2, 0.25) is 0 Å². The molecule has 0 bridgehead atoms. The van der Waals surface area contributed by atoms with Crippen molar-refractivity contribution in [2.45, 2.75) is 19.8 Å². The van der Waals surface area contributed by atoms with Gasteiger partial charge in [-0.25, -0.2) is 0 Å². The minimum atomic E-state index is -0.193. The zero-order valence-electron chi connectivity index (χ0n) is 16.1.